The minimum atomic E-state index is -0.903. The number of hydrogen-bond acceptors (Lipinski definition) is 2. The van der Waals surface area contributed by atoms with E-state index in [-0.39, 0.29) is 0 Å². The van der Waals surface area contributed by atoms with Gasteiger partial charge in [0.1, 0.15) is 0 Å². The second-order valence-electron chi connectivity index (χ2n) is 4.38. The zero-order valence-corrected chi connectivity index (χ0v) is 10.0. The minimum Gasteiger partial charge on any atom is -0.388 e. The molecular formula is C11H13Cl2NO. The van der Waals surface area contributed by atoms with E-state index in [1.54, 1.807) is 19.3 Å². The summed E-state index contributed by atoms with van der Waals surface area (Å²) in [6.45, 7) is 1.77. The van der Waals surface area contributed by atoms with Crippen LogP contribution < -0.4 is 0 Å². The molecular weight excluding hydrogens is 233 g/mol. The normalized spacial score (nSPS) is 22.1. The van der Waals surface area contributed by atoms with Gasteiger partial charge in [-0.25, -0.2) is 0 Å². The molecule has 1 saturated carbocycles. The van der Waals surface area contributed by atoms with Crippen LogP contribution >= 0.6 is 23.2 Å². The zero-order valence-electron chi connectivity index (χ0n) is 8.50. The highest BCUT2D eigenvalue weighted by Gasteiger charge is 2.54. The fraction of sp³-hybridized carbons (Fsp3) is 0.545. The average Bonchev–Trinajstić information content (AvgIpc) is 2.89. The summed E-state index contributed by atoms with van der Waals surface area (Å²) >= 11 is 12.2. The summed E-state index contributed by atoms with van der Waals surface area (Å²) in [5, 5.41) is 10.9. The maximum atomic E-state index is 10.3. The lowest BCUT2D eigenvalue weighted by molar-refractivity contribution is 0.0477. The molecule has 1 aliphatic rings. The van der Waals surface area contributed by atoms with E-state index < -0.39 is 10.5 Å². The van der Waals surface area contributed by atoms with Crippen LogP contribution in [0.15, 0.2) is 18.5 Å². The monoisotopic (exact) mass is 245 g/mol. The first-order valence-electron chi connectivity index (χ1n) is 4.94. The van der Waals surface area contributed by atoms with Gasteiger partial charge in [0.05, 0.1) is 15.5 Å². The van der Waals surface area contributed by atoms with Crippen molar-refractivity contribution < 1.29 is 5.11 Å². The van der Waals surface area contributed by atoms with Gasteiger partial charge in [-0.2, -0.15) is 0 Å². The van der Waals surface area contributed by atoms with E-state index in [1.165, 1.54) is 0 Å². The number of alkyl halides is 1. The molecule has 1 atom stereocenters. The first kappa shape index (κ1) is 11.2. The molecule has 0 bridgehead atoms. The highest BCUT2D eigenvalue weighted by molar-refractivity contribution is 6.31. The van der Waals surface area contributed by atoms with Crippen LogP contribution in [0.3, 0.4) is 0 Å². The number of halogens is 2. The Labute approximate surface area is 99.2 Å². The smallest absolute Gasteiger partial charge is 0.0851 e. The van der Waals surface area contributed by atoms with Crippen molar-refractivity contribution in [2.75, 3.05) is 0 Å². The fourth-order valence-electron chi connectivity index (χ4n) is 1.72. The summed E-state index contributed by atoms with van der Waals surface area (Å²) in [6.07, 6.45) is 5.46. The Morgan fingerprint density at radius 2 is 2.27 bits per heavy atom. The molecule has 4 heteroatoms. The van der Waals surface area contributed by atoms with Gasteiger partial charge < -0.3 is 5.11 Å². The van der Waals surface area contributed by atoms with Crippen LogP contribution in [0.4, 0.5) is 0 Å². The van der Waals surface area contributed by atoms with Crippen molar-refractivity contribution in [3.05, 3.63) is 29.0 Å². The van der Waals surface area contributed by atoms with Crippen LogP contribution in [0.1, 0.15) is 25.3 Å². The predicted molar refractivity (Wildman–Crippen MR) is 61.4 cm³/mol. The molecule has 82 valence electrons. The van der Waals surface area contributed by atoms with Crippen LogP contribution in [-0.2, 0) is 6.42 Å². The van der Waals surface area contributed by atoms with Gasteiger partial charge >= 0.3 is 0 Å². The van der Waals surface area contributed by atoms with Crippen LogP contribution in [0.2, 0.25) is 5.02 Å². The third kappa shape index (κ3) is 2.12. The molecule has 1 aromatic rings. The summed E-state index contributed by atoms with van der Waals surface area (Å²) in [7, 11) is 0. The summed E-state index contributed by atoms with van der Waals surface area (Å²) < 4.78 is 0. The first-order chi connectivity index (χ1) is 6.95. The molecule has 1 aliphatic carbocycles. The Bertz CT molecular complexity index is 375. The van der Waals surface area contributed by atoms with Crippen molar-refractivity contribution in [2.45, 2.75) is 36.7 Å². The van der Waals surface area contributed by atoms with E-state index in [0.717, 1.165) is 18.4 Å². The third-order valence-electron chi connectivity index (χ3n) is 3.05. The molecule has 0 radical (unpaired) electrons. The molecule has 1 unspecified atom stereocenters. The number of hydrogen-bond donors (Lipinski definition) is 1. The molecule has 1 heterocycles. The summed E-state index contributed by atoms with van der Waals surface area (Å²) in [5.41, 5.74) is -0.0110. The molecule has 0 saturated heterocycles. The maximum Gasteiger partial charge on any atom is 0.0851 e. The molecule has 2 rings (SSSR count). The SMILES string of the molecule is CC(O)(Cc1ccncc1Cl)C1(Cl)CC1. The second kappa shape index (κ2) is 3.62. The van der Waals surface area contributed by atoms with Gasteiger partial charge in [-0.15, -0.1) is 11.6 Å². The Hall–Kier alpha value is -0.310. The van der Waals surface area contributed by atoms with Crippen molar-refractivity contribution in [3.8, 4) is 0 Å². The lowest BCUT2D eigenvalue weighted by Gasteiger charge is -2.29. The molecule has 2 nitrogen and oxygen atoms in total. The Morgan fingerprint density at radius 3 is 2.80 bits per heavy atom. The number of pyridine rings is 1. The van der Waals surface area contributed by atoms with Crippen molar-refractivity contribution in [1.29, 1.82) is 0 Å². The molecule has 0 aromatic carbocycles. The van der Waals surface area contributed by atoms with Crippen LogP contribution in [0.5, 0.6) is 0 Å². The number of rotatable bonds is 3. The quantitative estimate of drug-likeness (QED) is 0.832. The Kier molecular flexibility index (Phi) is 2.70. The second-order valence-corrected chi connectivity index (χ2v) is 5.51. The summed E-state index contributed by atoms with van der Waals surface area (Å²) in [5.74, 6) is 0. The molecule has 0 aliphatic heterocycles. The third-order valence-corrected chi connectivity index (χ3v) is 4.17. The van der Waals surface area contributed by atoms with E-state index in [0.29, 0.717) is 11.4 Å². The standard InChI is InChI=1S/C11H13Cl2NO/c1-10(15,11(13)3-4-11)6-8-2-5-14-7-9(8)12/h2,5,7,15H,3-4,6H2,1H3. The largest absolute Gasteiger partial charge is 0.388 e. The Balaban J connectivity index is 2.18. The van der Waals surface area contributed by atoms with E-state index >= 15 is 0 Å². The van der Waals surface area contributed by atoms with Gasteiger partial charge in [0, 0.05) is 18.8 Å². The zero-order chi connectivity index (χ0) is 11.1. The van der Waals surface area contributed by atoms with Crippen LogP contribution in [0.25, 0.3) is 0 Å². The van der Waals surface area contributed by atoms with Gasteiger partial charge in [0.25, 0.3) is 0 Å². The van der Waals surface area contributed by atoms with Crippen LogP contribution in [-0.4, -0.2) is 20.6 Å². The van der Waals surface area contributed by atoms with Gasteiger partial charge in [-0.1, -0.05) is 11.6 Å². The summed E-state index contributed by atoms with van der Waals surface area (Å²) in [4.78, 5) is 3.45. The van der Waals surface area contributed by atoms with Gasteiger partial charge in [0.2, 0.25) is 0 Å². The average molecular weight is 246 g/mol. The molecule has 1 aromatic heterocycles. The van der Waals surface area contributed by atoms with Crippen molar-refractivity contribution in [3.63, 3.8) is 0 Å². The topological polar surface area (TPSA) is 33.1 Å². The number of aromatic nitrogens is 1. The molecule has 15 heavy (non-hydrogen) atoms. The molecule has 0 spiro atoms. The number of aliphatic hydroxyl groups is 1. The minimum absolute atomic E-state index is 0.459. The van der Waals surface area contributed by atoms with Crippen molar-refractivity contribution in [2.24, 2.45) is 0 Å². The summed E-state index contributed by atoms with van der Waals surface area (Å²) in [6, 6.07) is 1.82. The lowest BCUT2D eigenvalue weighted by Crippen LogP contribution is -2.39. The van der Waals surface area contributed by atoms with E-state index in [1.807, 2.05) is 6.07 Å². The van der Waals surface area contributed by atoms with E-state index in [4.69, 9.17) is 23.2 Å². The van der Waals surface area contributed by atoms with E-state index in [9.17, 15) is 5.11 Å². The highest BCUT2D eigenvalue weighted by atomic mass is 35.5. The highest BCUT2D eigenvalue weighted by Crippen LogP contribution is 2.52. The Morgan fingerprint density at radius 1 is 1.60 bits per heavy atom. The van der Waals surface area contributed by atoms with Gasteiger partial charge in [-0.3, -0.25) is 4.98 Å². The van der Waals surface area contributed by atoms with Gasteiger partial charge in [0.15, 0.2) is 0 Å². The molecule has 1 fully saturated rings. The van der Waals surface area contributed by atoms with Gasteiger partial charge in [-0.05, 0) is 31.4 Å². The predicted octanol–water partition coefficient (Wildman–Crippen LogP) is 2.80. The molecule has 1 N–H and O–H groups in total. The molecule has 0 amide bonds. The van der Waals surface area contributed by atoms with Crippen molar-refractivity contribution in [1.82, 2.24) is 4.98 Å². The number of nitrogens with zero attached hydrogens (tertiary/aromatic N) is 1. The lowest BCUT2D eigenvalue weighted by atomic mass is 9.91. The first-order valence-corrected chi connectivity index (χ1v) is 5.70. The van der Waals surface area contributed by atoms with E-state index in [2.05, 4.69) is 4.98 Å². The maximum absolute atomic E-state index is 10.3. The van der Waals surface area contributed by atoms with Crippen molar-refractivity contribution >= 4 is 23.2 Å². The fourth-order valence-corrected chi connectivity index (χ4v) is 2.07. The van der Waals surface area contributed by atoms with Crippen LogP contribution in [0, 0.1) is 0 Å².